The fourth-order valence-electron chi connectivity index (χ4n) is 1.67. The summed E-state index contributed by atoms with van der Waals surface area (Å²) in [5.74, 6) is 0.566. The lowest BCUT2D eigenvalue weighted by molar-refractivity contribution is 0.603. The van der Waals surface area contributed by atoms with Crippen LogP contribution in [0.2, 0.25) is 0 Å². The summed E-state index contributed by atoms with van der Waals surface area (Å²) in [6.45, 7) is 4.99. The zero-order chi connectivity index (χ0) is 11.5. The predicted octanol–water partition coefficient (Wildman–Crippen LogP) is 2.25. The Balaban J connectivity index is 2.35. The first kappa shape index (κ1) is 10.7. The normalized spacial score (nSPS) is 10.6. The van der Waals surface area contributed by atoms with Crippen LogP contribution in [0, 0.1) is 6.92 Å². The van der Waals surface area contributed by atoms with Crippen molar-refractivity contribution in [1.29, 1.82) is 0 Å². The number of anilines is 1. The molecule has 0 aromatic carbocycles. The maximum Gasteiger partial charge on any atom is 0.131 e. The van der Waals surface area contributed by atoms with Gasteiger partial charge in [0.2, 0.25) is 0 Å². The molecule has 16 heavy (non-hydrogen) atoms. The van der Waals surface area contributed by atoms with Gasteiger partial charge in [0.15, 0.2) is 0 Å². The number of aryl methyl sites for hydroxylation is 2. The summed E-state index contributed by atoms with van der Waals surface area (Å²) in [5.41, 5.74) is 8.80. The lowest BCUT2D eigenvalue weighted by Crippen LogP contribution is -1.96. The van der Waals surface area contributed by atoms with Crippen LogP contribution in [0.3, 0.4) is 0 Å². The van der Waals surface area contributed by atoms with Crippen molar-refractivity contribution in [2.24, 2.45) is 0 Å². The molecule has 0 radical (unpaired) electrons. The molecule has 0 aliphatic rings. The van der Waals surface area contributed by atoms with Gasteiger partial charge in [0.25, 0.3) is 0 Å². The number of rotatable bonds is 3. The van der Waals surface area contributed by atoms with Gasteiger partial charge in [-0.3, -0.25) is 4.68 Å². The minimum Gasteiger partial charge on any atom is -0.383 e. The molecule has 0 fully saturated rings. The number of nitrogens with zero attached hydrogens (tertiary/aromatic N) is 3. The maximum atomic E-state index is 5.89. The highest BCUT2D eigenvalue weighted by atomic mass is 15.3. The van der Waals surface area contributed by atoms with E-state index in [2.05, 4.69) is 17.0 Å². The van der Waals surface area contributed by atoms with Crippen molar-refractivity contribution in [3.63, 3.8) is 0 Å². The first-order valence-corrected chi connectivity index (χ1v) is 5.46. The molecule has 2 rings (SSSR count). The lowest BCUT2D eigenvalue weighted by atomic mass is 10.1. The van der Waals surface area contributed by atoms with E-state index in [1.54, 1.807) is 0 Å². The van der Waals surface area contributed by atoms with Crippen LogP contribution >= 0.6 is 0 Å². The quantitative estimate of drug-likeness (QED) is 0.856. The molecule has 0 saturated carbocycles. The number of nitrogens with two attached hydrogens (primary N) is 1. The van der Waals surface area contributed by atoms with E-state index in [4.69, 9.17) is 5.73 Å². The molecule has 2 aromatic heterocycles. The molecule has 0 aliphatic carbocycles. The Bertz CT molecular complexity index is 488. The van der Waals surface area contributed by atoms with Crippen molar-refractivity contribution in [3.8, 4) is 11.1 Å². The van der Waals surface area contributed by atoms with E-state index in [0.717, 1.165) is 29.8 Å². The fraction of sp³-hybridized carbons (Fsp3) is 0.333. The second-order valence-electron chi connectivity index (χ2n) is 3.88. The second kappa shape index (κ2) is 4.35. The SMILES string of the molecule is CCCn1cc(-c2ccc(C)nc2N)cn1. The van der Waals surface area contributed by atoms with E-state index in [1.807, 2.05) is 36.1 Å². The van der Waals surface area contributed by atoms with Crippen molar-refractivity contribution in [1.82, 2.24) is 14.8 Å². The van der Waals surface area contributed by atoms with E-state index in [9.17, 15) is 0 Å². The van der Waals surface area contributed by atoms with Gasteiger partial charge >= 0.3 is 0 Å². The van der Waals surface area contributed by atoms with Gasteiger partial charge < -0.3 is 5.73 Å². The van der Waals surface area contributed by atoms with Crippen LogP contribution in [0.5, 0.6) is 0 Å². The van der Waals surface area contributed by atoms with Crippen LogP contribution in [0.4, 0.5) is 5.82 Å². The first-order chi connectivity index (χ1) is 7.70. The van der Waals surface area contributed by atoms with Crippen LogP contribution < -0.4 is 5.73 Å². The van der Waals surface area contributed by atoms with Crippen molar-refractivity contribution in [3.05, 3.63) is 30.2 Å². The molecular formula is C12H16N4. The van der Waals surface area contributed by atoms with Crippen LogP contribution in [-0.4, -0.2) is 14.8 Å². The summed E-state index contributed by atoms with van der Waals surface area (Å²) in [4.78, 5) is 4.25. The standard InChI is InChI=1S/C12H16N4/c1-3-6-16-8-10(7-14-16)11-5-4-9(2)15-12(11)13/h4-5,7-8H,3,6H2,1-2H3,(H2,13,15). The van der Waals surface area contributed by atoms with E-state index >= 15 is 0 Å². The zero-order valence-electron chi connectivity index (χ0n) is 9.64. The van der Waals surface area contributed by atoms with Crippen molar-refractivity contribution >= 4 is 5.82 Å². The van der Waals surface area contributed by atoms with Crippen LogP contribution in [0.1, 0.15) is 19.0 Å². The summed E-state index contributed by atoms with van der Waals surface area (Å²) >= 11 is 0. The summed E-state index contributed by atoms with van der Waals surface area (Å²) in [6, 6.07) is 3.95. The summed E-state index contributed by atoms with van der Waals surface area (Å²) in [6.07, 6.45) is 4.91. The molecule has 0 unspecified atom stereocenters. The Labute approximate surface area is 95.1 Å². The van der Waals surface area contributed by atoms with Crippen LogP contribution in [0.15, 0.2) is 24.5 Å². The Kier molecular flexibility index (Phi) is 2.90. The van der Waals surface area contributed by atoms with Crippen molar-refractivity contribution < 1.29 is 0 Å². The molecule has 0 bridgehead atoms. The zero-order valence-corrected chi connectivity index (χ0v) is 9.64. The van der Waals surface area contributed by atoms with Gasteiger partial charge in [-0.25, -0.2) is 4.98 Å². The minimum atomic E-state index is 0.566. The predicted molar refractivity (Wildman–Crippen MR) is 64.9 cm³/mol. The van der Waals surface area contributed by atoms with Gasteiger partial charge in [-0.05, 0) is 25.5 Å². The fourth-order valence-corrected chi connectivity index (χ4v) is 1.67. The molecular weight excluding hydrogens is 200 g/mol. The Morgan fingerprint density at radius 1 is 1.38 bits per heavy atom. The average Bonchev–Trinajstić information content (AvgIpc) is 2.67. The maximum absolute atomic E-state index is 5.89. The third-order valence-electron chi connectivity index (χ3n) is 2.46. The van der Waals surface area contributed by atoms with Gasteiger partial charge in [-0.15, -0.1) is 0 Å². The van der Waals surface area contributed by atoms with E-state index in [0.29, 0.717) is 5.82 Å². The Hall–Kier alpha value is -1.84. The molecule has 4 nitrogen and oxygen atoms in total. The van der Waals surface area contributed by atoms with Gasteiger partial charge in [0.1, 0.15) is 5.82 Å². The molecule has 0 amide bonds. The summed E-state index contributed by atoms with van der Waals surface area (Å²) in [5, 5.41) is 4.28. The largest absolute Gasteiger partial charge is 0.383 e. The molecule has 2 N–H and O–H groups in total. The van der Waals surface area contributed by atoms with Crippen molar-refractivity contribution in [2.45, 2.75) is 26.8 Å². The number of nitrogen functional groups attached to an aromatic ring is 1. The molecule has 2 aromatic rings. The number of hydrogen-bond acceptors (Lipinski definition) is 3. The highest BCUT2D eigenvalue weighted by Crippen LogP contribution is 2.23. The van der Waals surface area contributed by atoms with E-state index in [-0.39, 0.29) is 0 Å². The third kappa shape index (κ3) is 2.05. The highest BCUT2D eigenvalue weighted by molar-refractivity contribution is 5.72. The molecule has 0 atom stereocenters. The average molecular weight is 216 g/mol. The minimum absolute atomic E-state index is 0.566. The molecule has 0 aliphatic heterocycles. The number of hydrogen-bond donors (Lipinski definition) is 1. The first-order valence-electron chi connectivity index (χ1n) is 5.46. The lowest BCUT2D eigenvalue weighted by Gasteiger charge is -2.02. The summed E-state index contributed by atoms with van der Waals surface area (Å²) in [7, 11) is 0. The van der Waals surface area contributed by atoms with E-state index in [1.165, 1.54) is 0 Å². The van der Waals surface area contributed by atoms with Gasteiger partial charge in [0, 0.05) is 29.6 Å². The highest BCUT2D eigenvalue weighted by Gasteiger charge is 2.06. The summed E-state index contributed by atoms with van der Waals surface area (Å²) < 4.78 is 1.93. The molecule has 0 saturated heterocycles. The van der Waals surface area contributed by atoms with Gasteiger partial charge in [-0.1, -0.05) is 6.92 Å². The molecule has 84 valence electrons. The van der Waals surface area contributed by atoms with Gasteiger partial charge in [0.05, 0.1) is 6.20 Å². The second-order valence-corrected chi connectivity index (χ2v) is 3.88. The topological polar surface area (TPSA) is 56.7 Å². The Morgan fingerprint density at radius 3 is 2.88 bits per heavy atom. The van der Waals surface area contributed by atoms with Crippen LogP contribution in [0.25, 0.3) is 11.1 Å². The van der Waals surface area contributed by atoms with Crippen molar-refractivity contribution in [2.75, 3.05) is 5.73 Å². The van der Waals surface area contributed by atoms with E-state index < -0.39 is 0 Å². The molecule has 0 spiro atoms. The Morgan fingerprint density at radius 2 is 2.19 bits per heavy atom. The van der Waals surface area contributed by atoms with Crippen LogP contribution in [-0.2, 0) is 6.54 Å². The molecule has 4 heteroatoms. The molecule has 2 heterocycles. The smallest absolute Gasteiger partial charge is 0.131 e. The monoisotopic (exact) mass is 216 g/mol. The number of aromatic nitrogens is 3. The third-order valence-corrected chi connectivity index (χ3v) is 2.46. The van der Waals surface area contributed by atoms with Gasteiger partial charge in [-0.2, -0.15) is 5.10 Å². The number of pyridine rings is 1.